The highest BCUT2D eigenvalue weighted by molar-refractivity contribution is 7.59. The first-order chi connectivity index (χ1) is 16.4. The van der Waals surface area contributed by atoms with E-state index in [-0.39, 0.29) is 50.3 Å². The molecule has 0 bridgehead atoms. The van der Waals surface area contributed by atoms with Crippen molar-refractivity contribution >= 4 is 67.7 Å². The number of carbonyl (C=O) groups excluding carboxylic acids is 3. The molecule has 0 spiro atoms. The van der Waals surface area contributed by atoms with Crippen LogP contribution in [0.25, 0.3) is 5.69 Å². The van der Waals surface area contributed by atoms with Gasteiger partial charge in [0.2, 0.25) is 0 Å². The number of nitrogens with one attached hydrogen (secondary N) is 2. The summed E-state index contributed by atoms with van der Waals surface area (Å²) in [5.74, 6) is -1.49. The van der Waals surface area contributed by atoms with E-state index in [1.807, 2.05) is 0 Å². The van der Waals surface area contributed by atoms with Gasteiger partial charge in [-0.15, -0.1) is 11.3 Å². The Morgan fingerprint density at radius 1 is 0.944 bits per heavy atom. The SMILES string of the molecule is COC(=O)[C@H]1C[C@H](NC(=O)c2ccc(-n3ccccc3=O)cc2)[C@H](NC(=O)c2ccc(Cl)s2)C1.S.S. The zero-order valence-electron chi connectivity index (χ0n) is 19.2. The molecule has 36 heavy (non-hydrogen) atoms. The lowest BCUT2D eigenvalue weighted by atomic mass is 10.1. The first kappa shape index (κ1) is 29.5. The number of esters is 1. The third-order valence-corrected chi connectivity index (χ3v) is 6.99. The van der Waals surface area contributed by atoms with Gasteiger partial charge in [-0.1, -0.05) is 17.7 Å². The van der Waals surface area contributed by atoms with Crippen molar-refractivity contribution in [3.05, 3.63) is 85.9 Å². The van der Waals surface area contributed by atoms with Crippen LogP contribution in [0.4, 0.5) is 0 Å². The van der Waals surface area contributed by atoms with Gasteiger partial charge in [0.25, 0.3) is 17.4 Å². The summed E-state index contributed by atoms with van der Waals surface area (Å²) >= 11 is 7.08. The van der Waals surface area contributed by atoms with Gasteiger partial charge in [0.15, 0.2) is 0 Å². The van der Waals surface area contributed by atoms with Gasteiger partial charge in [0.1, 0.15) is 0 Å². The fourth-order valence-electron chi connectivity index (χ4n) is 4.06. The zero-order valence-corrected chi connectivity index (χ0v) is 22.8. The summed E-state index contributed by atoms with van der Waals surface area (Å²) in [7, 11) is 1.31. The fraction of sp³-hybridized carbons (Fsp3) is 0.250. The van der Waals surface area contributed by atoms with Crippen LogP contribution in [0.3, 0.4) is 0 Å². The first-order valence-electron chi connectivity index (χ1n) is 10.6. The monoisotopic (exact) mass is 567 g/mol. The number of rotatable bonds is 6. The van der Waals surface area contributed by atoms with E-state index >= 15 is 0 Å². The van der Waals surface area contributed by atoms with Crippen LogP contribution in [0, 0.1) is 5.92 Å². The average molecular weight is 568 g/mol. The normalized spacial score (nSPS) is 18.3. The van der Waals surface area contributed by atoms with Crippen molar-refractivity contribution in [2.24, 2.45) is 5.92 Å². The van der Waals surface area contributed by atoms with Crippen molar-refractivity contribution in [1.82, 2.24) is 15.2 Å². The number of hydrogen-bond acceptors (Lipinski definition) is 6. The molecule has 2 N–H and O–H groups in total. The molecule has 0 unspecified atom stereocenters. The molecule has 12 heteroatoms. The third kappa shape index (κ3) is 6.73. The minimum atomic E-state index is -0.465. The quantitative estimate of drug-likeness (QED) is 0.445. The van der Waals surface area contributed by atoms with Crippen LogP contribution in [0.2, 0.25) is 4.34 Å². The maximum absolute atomic E-state index is 12.9. The Kier molecular flexibility index (Phi) is 10.7. The Hall–Kier alpha value is -2.73. The average Bonchev–Trinajstić information content (AvgIpc) is 3.45. The summed E-state index contributed by atoms with van der Waals surface area (Å²) in [6, 6.07) is 13.8. The number of halogens is 1. The highest BCUT2D eigenvalue weighted by Gasteiger charge is 2.40. The molecule has 2 aromatic heterocycles. The Morgan fingerprint density at radius 2 is 1.58 bits per heavy atom. The molecule has 1 aliphatic rings. The number of aromatic nitrogens is 1. The molecule has 1 saturated carbocycles. The number of amides is 2. The molecule has 4 rings (SSSR count). The number of ether oxygens (including phenoxy) is 1. The van der Waals surface area contributed by atoms with Gasteiger partial charge >= 0.3 is 5.97 Å². The second kappa shape index (κ2) is 13.0. The molecule has 1 fully saturated rings. The number of thiophene rings is 1. The first-order valence-corrected chi connectivity index (χ1v) is 11.8. The van der Waals surface area contributed by atoms with Crippen LogP contribution in [0.15, 0.2) is 65.6 Å². The Morgan fingerprint density at radius 3 is 2.14 bits per heavy atom. The maximum atomic E-state index is 12.9. The van der Waals surface area contributed by atoms with Gasteiger partial charge < -0.3 is 15.4 Å². The standard InChI is InChI=1S/C24H22ClN3O5S.2H2S/c1-33-24(32)15-12-17(18(13-15)27-23(31)19-9-10-20(25)34-19)26-22(30)14-5-7-16(8-6-14)28-11-3-2-4-21(28)29;;/h2-11,15,17-18H,12-13H2,1H3,(H,26,30)(H,27,31);2*1H2/t15-,17-,18+;;/m0../s1. The largest absolute Gasteiger partial charge is 0.469 e. The smallest absolute Gasteiger partial charge is 0.308 e. The van der Waals surface area contributed by atoms with E-state index in [1.165, 1.54) is 17.7 Å². The number of nitrogens with zero attached hydrogens (tertiary/aromatic N) is 1. The summed E-state index contributed by atoms with van der Waals surface area (Å²) < 4.78 is 6.84. The van der Waals surface area contributed by atoms with Crippen LogP contribution >= 0.6 is 49.9 Å². The predicted octanol–water partition coefficient (Wildman–Crippen LogP) is 3.26. The Bertz CT molecular complexity index is 1280. The van der Waals surface area contributed by atoms with Gasteiger partial charge in [0.05, 0.1) is 34.3 Å². The van der Waals surface area contributed by atoms with E-state index in [4.69, 9.17) is 16.3 Å². The van der Waals surface area contributed by atoms with E-state index in [9.17, 15) is 19.2 Å². The van der Waals surface area contributed by atoms with Crippen LogP contribution in [-0.2, 0) is 9.53 Å². The highest BCUT2D eigenvalue weighted by Crippen LogP contribution is 2.29. The van der Waals surface area contributed by atoms with E-state index in [2.05, 4.69) is 10.6 Å². The molecule has 1 aromatic carbocycles. The zero-order chi connectivity index (χ0) is 24.2. The van der Waals surface area contributed by atoms with Gasteiger partial charge in [0, 0.05) is 23.5 Å². The minimum Gasteiger partial charge on any atom is -0.469 e. The fourth-order valence-corrected chi connectivity index (χ4v) is 5.00. The molecule has 0 aliphatic heterocycles. The lowest BCUT2D eigenvalue weighted by molar-refractivity contribution is -0.145. The molecule has 2 amide bonds. The van der Waals surface area contributed by atoms with Crippen molar-refractivity contribution in [3.8, 4) is 5.69 Å². The summed E-state index contributed by atoms with van der Waals surface area (Å²) in [5.41, 5.74) is 0.850. The molecule has 8 nitrogen and oxygen atoms in total. The molecular formula is C24H26ClN3O5S3. The van der Waals surface area contributed by atoms with E-state index in [1.54, 1.807) is 54.7 Å². The second-order valence-electron chi connectivity index (χ2n) is 7.91. The van der Waals surface area contributed by atoms with Gasteiger partial charge in [-0.3, -0.25) is 23.7 Å². The van der Waals surface area contributed by atoms with Crippen LogP contribution in [0.5, 0.6) is 0 Å². The van der Waals surface area contributed by atoms with Gasteiger partial charge in [-0.2, -0.15) is 27.0 Å². The van der Waals surface area contributed by atoms with Crippen LogP contribution in [0.1, 0.15) is 32.9 Å². The molecular weight excluding hydrogens is 542 g/mol. The lowest BCUT2D eigenvalue weighted by Gasteiger charge is -2.22. The maximum Gasteiger partial charge on any atom is 0.308 e. The van der Waals surface area contributed by atoms with Crippen molar-refractivity contribution in [1.29, 1.82) is 0 Å². The minimum absolute atomic E-state index is 0. The van der Waals surface area contributed by atoms with Crippen molar-refractivity contribution < 1.29 is 19.1 Å². The topological polar surface area (TPSA) is 106 Å². The van der Waals surface area contributed by atoms with E-state index < -0.39 is 18.0 Å². The predicted molar refractivity (Wildman–Crippen MR) is 149 cm³/mol. The van der Waals surface area contributed by atoms with Gasteiger partial charge in [-0.25, -0.2) is 0 Å². The molecule has 1 aliphatic carbocycles. The summed E-state index contributed by atoms with van der Waals surface area (Å²) in [6.45, 7) is 0. The third-order valence-electron chi connectivity index (χ3n) is 5.76. The van der Waals surface area contributed by atoms with Gasteiger partial charge in [-0.05, 0) is 55.3 Å². The summed E-state index contributed by atoms with van der Waals surface area (Å²) in [6.07, 6.45) is 2.33. The Labute approximate surface area is 230 Å². The molecule has 192 valence electrons. The summed E-state index contributed by atoms with van der Waals surface area (Å²) in [5, 5.41) is 5.85. The number of pyridine rings is 1. The van der Waals surface area contributed by atoms with Crippen molar-refractivity contribution in [2.45, 2.75) is 24.9 Å². The summed E-state index contributed by atoms with van der Waals surface area (Å²) in [4.78, 5) is 50.2. The molecule has 0 radical (unpaired) electrons. The van der Waals surface area contributed by atoms with Crippen LogP contribution < -0.4 is 16.2 Å². The molecule has 0 saturated heterocycles. The van der Waals surface area contributed by atoms with Crippen molar-refractivity contribution in [2.75, 3.05) is 7.11 Å². The molecule has 3 atom stereocenters. The lowest BCUT2D eigenvalue weighted by Crippen LogP contribution is -2.48. The number of benzene rings is 1. The number of methoxy groups -OCH3 is 1. The number of carbonyl (C=O) groups is 3. The highest BCUT2D eigenvalue weighted by atomic mass is 35.5. The van der Waals surface area contributed by atoms with Crippen LogP contribution in [-0.4, -0.2) is 41.5 Å². The van der Waals surface area contributed by atoms with E-state index in [0.717, 1.165) is 11.3 Å². The van der Waals surface area contributed by atoms with E-state index in [0.29, 0.717) is 33.3 Å². The Balaban J connectivity index is 0.00000228. The van der Waals surface area contributed by atoms with Crippen molar-refractivity contribution in [3.63, 3.8) is 0 Å². The number of hydrogen-bond donors (Lipinski definition) is 2. The molecule has 2 heterocycles. The second-order valence-corrected chi connectivity index (χ2v) is 9.63. The molecule has 3 aromatic rings.